The first-order chi connectivity index (χ1) is 23.6. The number of carbonyl (C=O) groups excluding carboxylic acids is 2. The highest BCUT2D eigenvalue weighted by Crippen LogP contribution is 2.18. The molecule has 0 rings (SSSR count). The van der Waals surface area contributed by atoms with Crippen LogP contribution in [0.2, 0.25) is 0 Å². The number of ether oxygens (including phenoxy) is 2. The fraction of sp³-hybridized carbons (Fsp3) is 0.905. The number of aliphatic hydroxyl groups excluding tert-OH is 1. The average molecular weight is 680 g/mol. The minimum atomic E-state index is -0.104. The molecule has 0 aromatic rings. The summed E-state index contributed by atoms with van der Waals surface area (Å²) >= 11 is 0. The Morgan fingerprint density at radius 3 is 1.56 bits per heavy atom. The van der Waals surface area contributed by atoms with Gasteiger partial charge in [0.25, 0.3) is 0 Å². The first-order valence-corrected chi connectivity index (χ1v) is 20.9. The summed E-state index contributed by atoms with van der Waals surface area (Å²) < 4.78 is 11.3. The van der Waals surface area contributed by atoms with Gasteiger partial charge in [0.2, 0.25) is 0 Å². The fourth-order valence-electron chi connectivity index (χ4n) is 6.29. The zero-order valence-corrected chi connectivity index (χ0v) is 32.3. The summed E-state index contributed by atoms with van der Waals surface area (Å²) in [6.07, 6.45) is 37.0. The number of allylic oxidation sites excluding steroid dienone is 1. The molecule has 0 aliphatic rings. The molecule has 0 saturated heterocycles. The summed E-state index contributed by atoms with van der Waals surface area (Å²) in [6, 6.07) is 0. The van der Waals surface area contributed by atoms with E-state index in [1.54, 1.807) is 0 Å². The van der Waals surface area contributed by atoms with E-state index in [-0.39, 0.29) is 24.6 Å². The third kappa shape index (κ3) is 34.5. The van der Waals surface area contributed by atoms with Crippen molar-refractivity contribution in [2.45, 2.75) is 213 Å². The van der Waals surface area contributed by atoms with Gasteiger partial charge >= 0.3 is 11.9 Å². The lowest BCUT2D eigenvalue weighted by Crippen LogP contribution is -2.29. The van der Waals surface area contributed by atoms with Crippen molar-refractivity contribution in [2.24, 2.45) is 0 Å². The van der Waals surface area contributed by atoms with Gasteiger partial charge in [0, 0.05) is 19.4 Å². The van der Waals surface area contributed by atoms with Crippen molar-refractivity contribution in [3.8, 4) is 0 Å². The molecule has 0 radical (unpaired) electrons. The van der Waals surface area contributed by atoms with Crippen LogP contribution in [0.1, 0.15) is 207 Å². The second-order valence-electron chi connectivity index (χ2n) is 14.1. The molecule has 0 spiro atoms. The van der Waals surface area contributed by atoms with Crippen LogP contribution in [0.15, 0.2) is 12.2 Å². The summed E-state index contributed by atoms with van der Waals surface area (Å²) in [5, 5.41) is 9.50. The minimum absolute atomic E-state index is 0.00403. The van der Waals surface area contributed by atoms with E-state index in [1.165, 1.54) is 103 Å². The van der Waals surface area contributed by atoms with E-state index in [0.29, 0.717) is 26.0 Å². The van der Waals surface area contributed by atoms with E-state index in [9.17, 15) is 14.7 Å². The van der Waals surface area contributed by atoms with Crippen molar-refractivity contribution in [1.82, 2.24) is 4.90 Å². The molecule has 0 bridgehead atoms. The van der Waals surface area contributed by atoms with Gasteiger partial charge in [-0.2, -0.15) is 0 Å². The number of nitrogens with zero attached hydrogens (tertiary/aromatic N) is 1. The van der Waals surface area contributed by atoms with Crippen molar-refractivity contribution in [2.75, 3.05) is 32.8 Å². The van der Waals surface area contributed by atoms with Crippen LogP contribution in [0.3, 0.4) is 0 Å². The second kappa shape index (κ2) is 38.4. The van der Waals surface area contributed by atoms with Crippen molar-refractivity contribution in [3.63, 3.8) is 0 Å². The summed E-state index contributed by atoms with van der Waals surface area (Å²) in [5.41, 5.74) is 0. The molecule has 0 atom stereocenters. The Morgan fingerprint density at radius 1 is 0.542 bits per heavy atom. The van der Waals surface area contributed by atoms with E-state index >= 15 is 0 Å². The van der Waals surface area contributed by atoms with Crippen molar-refractivity contribution in [1.29, 1.82) is 0 Å². The second-order valence-corrected chi connectivity index (χ2v) is 14.1. The van der Waals surface area contributed by atoms with Crippen LogP contribution in [-0.2, 0) is 19.1 Å². The van der Waals surface area contributed by atoms with Crippen LogP contribution in [0.25, 0.3) is 0 Å². The van der Waals surface area contributed by atoms with Crippen LogP contribution in [0.5, 0.6) is 0 Å². The number of unbranched alkanes of at least 4 members (excludes halogenated alkanes) is 20. The quantitative estimate of drug-likeness (QED) is 0.0398. The van der Waals surface area contributed by atoms with Gasteiger partial charge in [-0.3, -0.25) is 9.59 Å². The van der Waals surface area contributed by atoms with Crippen LogP contribution >= 0.6 is 0 Å². The Labute approximate surface area is 298 Å². The number of aliphatic hydroxyl groups is 1. The average Bonchev–Trinajstić information content (AvgIpc) is 3.08. The van der Waals surface area contributed by atoms with Gasteiger partial charge < -0.3 is 19.5 Å². The third-order valence-electron chi connectivity index (χ3n) is 9.42. The predicted molar refractivity (Wildman–Crippen MR) is 204 cm³/mol. The molecule has 0 fully saturated rings. The molecular weight excluding hydrogens is 598 g/mol. The molecule has 0 amide bonds. The highest BCUT2D eigenvalue weighted by molar-refractivity contribution is 5.69. The Bertz CT molecular complexity index is 696. The normalized spacial score (nSPS) is 11.7. The SMILES string of the molecule is CCCCCC/C=C\COC(=O)CCCCCN(CCO)CCCCCCCC(=O)OC(CCCCCCCC)CCCCCCCC. The Balaban J connectivity index is 4.03. The first kappa shape index (κ1) is 46.6. The van der Waals surface area contributed by atoms with Crippen LogP contribution in [-0.4, -0.2) is 60.9 Å². The van der Waals surface area contributed by atoms with E-state index < -0.39 is 0 Å². The highest BCUT2D eigenvalue weighted by atomic mass is 16.5. The molecule has 48 heavy (non-hydrogen) atoms. The maximum Gasteiger partial charge on any atom is 0.306 e. The van der Waals surface area contributed by atoms with Gasteiger partial charge in [0.05, 0.1) is 6.61 Å². The first-order valence-electron chi connectivity index (χ1n) is 20.9. The molecule has 1 N–H and O–H groups in total. The van der Waals surface area contributed by atoms with Crippen molar-refractivity contribution < 1.29 is 24.2 Å². The van der Waals surface area contributed by atoms with Gasteiger partial charge in [-0.05, 0) is 77.3 Å². The Kier molecular flexibility index (Phi) is 37.3. The van der Waals surface area contributed by atoms with Crippen LogP contribution in [0, 0.1) is 0 Å². The monoisotopic (exact) mass is 680 g/mol. The highest BCUT2D eigenvalue weighted by Gasteiger charge is 2.14. The standard InChI is InChI=1S/C42H81NO5/c1-4-7-10-13-16-22-30-39-47-41(45)33-27-23-29-36-43(37-38-44)35-28-21-17-20-26-34-42(46)48-40(31-24-18-14-11-8-5-2)32-25-19-15-12-9-6-3/h22,30,40,44H,4-21,23-29,31-39H2,1-3H3/b30-22-. The molecule has 0 heterocycles. The summed E-state index contributed by atoms with van der Waals surface area (Å²) in [5.74, 6) is -0.100. The van der Waals surface area contributed by atoms with Gasteiger partial charge in [-0.1, -0.05) is 142 Å². The number of carbonyl (C=O) groups is 2. The molecule has 0 unspecified atom stereocenters. The number of hydrogen-bond acceptors (Lipinski definition) is 6. The van der Waals surface area contributed by atoms with E-state index in [4.69, 9.17) is 9.47 Å². The smallest absolute Gasteiger partial charge is 0.306 e. The van der Waals surface area contributed by atoms with E-state index in [1.807, 2.05) is 6.08 Å². The minimum Gasteiger partial charge on any atom is -0.462 e. The Hall–Kier alpha value is -1.40. The van der Waals surface area contributed by atoms with Crippen LogP contribution in [0.4, 0.5) is 0 Å². The van der Waals surface area contributed by atoms with Gasteiger partial charge in [0.15, 0.2) is 0 Å². The summed E-state index contributed by atoms with van der Waals surface area (Å²) in [7, 11) is 0. The zero-order valence-electron chi connectivity index (χ0n) is 32.3. The molecule has 0 aromatic carbocycles. The van der Waals surface area contributed by atoms with Gasteiger partial charge in [-0.15, -0.1) is 0 Å². The Morgan fingerprint density at radius 2 is 1.00 bits per heavy atom. The molecule has 0 aliphatic heterocycles. The maximum atomic E-state index is 12.7. The number of hydrogen-bond donors (Lipinski definition) is 1. The van der Waals surface area contributed by atoms with Crippen molar-refractivity contribution >= 4 is 11.9 Å². The lowest BCUT2D eigenvalue weighted by atomic mass is 10.0. The lowest BCUT2D eigenvalue weighted by Gasteiger charge is -2.21. The van der Waals surface area contributed by atoms with Gasteiger partial charge in [0.1, 0.15) is 12.7 Å². The summed E-state index contributed by atoms with van der Waals surface area (Å²) in [4.78, 5) is 27.0. The molecule has 0 aromatic heterocycles. The molecule has 284 valence electrons. The molecule has 6 nitrogen and oxygen atoms in total. The molecule has 0 aliphatic carbocycles. The largest absolute Gasteiger partial charge is 0.462 e. The molecule has 6 heteroatoms. The topological polar surface area (TPSA) is 76.1 Å². The molecule has 0 saturated carbocycles. The maximum absolute atomic E-state index is 12.7. The third-order valence-corrected chi connectivity index (χ3v) is 9.42. The fourth-order valence-corrected chi connectivity index (χ4v) is 6.29. The van der Waals surface area contributed by atoms with Crippen LogP contribution < -0.4 is 0 Å². The zero-order chi connectivity index (χ0) is 35.2. The summed E-state index contributed by atoms with van der Waals surface area (Å²) in [6.45, 7) is 9.96. The number of rotatable bonds is 38. The number of esters is 2. The van der Waals surface area contributed by atoms with Crippen molar-refractivity contribution in [3.05, 3.63) is 12.2 Å². The predicted octanol–water partition coefficient (Wildman–Crippen LogP) is 11.7. The molecular formula is C42H81NO5. The lowest BCUT2D eigenvalue weighted by molar-refractivity contribution is -0.150. The van der Waals surface area contributed by atoms with Gasteiger partial charge in [-0.25, -0.2) is 0 Å². The van der Waals surface area contributed by atoms with E-state index in [2.05, 4.69) is 31.7 Å². The van der Waals surface area contributed by atoms with E-state index in [0.717, 1.165) is 83.7 Å².